The molecule has 3 rings (SSSR count). The van der Waals surface area contributed by atoms with E-state index in [0.717, 1.165) is 16.7 Å². The molecule has 3 amide bonds. The lowest BCUT2D eigenvalue weighted by atomic mass is 10.1. The molecule has 1 N–H and O–H groups in total. The van der Waals surface area contributed by atoms with Gasteiger partial charge in [0.15, 0.2) is 11.5 Å². The van der Waals surface area contributed by atoms with Crippen molar-refractivity contribution >= 4 is 18.0 Å². The highest BCUT2D eigenvalue weighted by Crippen LogP contribution is 2.30. The first-order valence-electron chi connectivity index (χ1n) is 9.12. The Hall–Kier alpha value is -3.28. The van der Waals surface area contributed by atoms with Crippen LogP contribution in [0.1, 0.15) is 30.5 Å². The van der Waals surface area contributed by atoms with Crippen molar-refractivity contribution in [1.29, 1.82) is 0 Å². The molecule has 0 atom stereocenters. The third-order valence-corrected chi connectivity index (χ3v) is 4.28. The lowest BCUT2D eigenvalue weighted by molar-refractivity contribution is -0.123. The van der Waals surface area contributed by atoms with Gasteiger partial charge in [-0.25, -0.2) is 4.79 Å². The Morgan fingerprint density at radius 2 is 1.79 bits per heavy atom. The van der Waals surface area contributed by atoms with E-state index in [4.69, 9.17) is 9.47 Å². The largest absolute Gasteiger partial charge is 0.493 e. The molecule has 0 radical (unpaired) electrons. The summed E-state index contributed by atoms with van der Waals surface area (Å²) in [7, 11) is 1.56. The maximum Gasteiger partial charge on any atom is 0.329 e. The Balaban J connectivity index is 1.80. The average Bonchev–Trinajstić information content (AvgIpc) is 2.91. The van der Waals surface area contributed by atoms with Crippen LogP contribution < -0.4 is 14.8 Å². The van der Waals surface area contributed by atoms with Gasteiger partial charge in [-0.05, 0) is 50.1 Å². The van der Waals surface area contributed by atoms with Crippen LogP contribution in [0.15, 0.2) is 48.2 Å². The second-order valence-electron chi connectivity index (χ2n) is 6.94. The van der Waals surface area contributed by atoms with Crippen molar-refractivity contribution in [3.8, 4) is 11.5 Å². The summed E-state index contributed by atoms with van der Waals surface area (Å²) in [6.07, 6.45) is 1.65. The number of imide groups is 1. The smallest absolute Gasteiger partial charge is 0.329 e. The number of ether oxygens (including phenoxy) is 2. The van der Waals surface area contributed by atoms with Gasteiger partial charge in [0, 0.05) is 0 Å². The number of urea groups is 1. The van der Waals surface area contributed by atoms with Crippen molar-refractivity contribution in [2.45, 2.75) is 33.4 Å². The van der Waals surface area contributed by atoms with E-state index in [1.54, 1.807) is 25.3 Å². The maximum atomic E-state index is 12.7. The summed E-state index contributed by atoms with van der Waals surface area (Å²) < 4.78 is 11.1. The zero-order chi connectivity index (χ0) is 20.3. The quantitative estimate of drug-likeness (QED) is 0.610. The minimum Gasteiger partial charge on any atom is -0.493 e. The fourth-order valence-electron chi connectivity index (χ4n) is 2.88. The van der Waals surface area contributed by atoms with E-state index in [1.807, 2.05) is 51.1 Å². The van der Waals surface area contributed by atoms with E-state index in [-0.39, 0.29) is 24.3 Å². The first-order chi connectivity index (χ1) is 13.4. The third-order valence-electron chi connectivity index (χ3n) is 4.28. The van der Waals surface area contributed by atoms with Crippen molar-refractivity contribution in [2.24, 2.45) is 0 Å². The van der Waals surface area contributed by atoms with Crippen LogP contribution in [0.5, 0.6) is 11.5 Å². The zero-order valence-corrected chi connectivity index (χ0v) is 16.5. The molecule has 6 heteroatoms. The van der Waals surface area contributed by atoms with Gasteiger partial charge in [0.1, 0.15) is 5.70 Å². The van der Waals surface area contributed by atoms with Crippen molar-refractivity contribution in [3.63, 3.8) is 0 Å². The molecule has 2 aromatic rings. The highest BCUT2D eigenvalue weighted by atomic mass is 16.5. The van der Waals surface area contributed by atoms with Gasteiger partial charge in [0.2, 0.25) is 0 Å². The van der Waals surface area contributed by atoms with E-state index in [9.17, 15) is 9.59 Å². The Bertz CT molecular complexity index is 917. The number of hydrogen-bond acceptors (Lipinski definition) is 4. The average molecular weight is 380 g/mol. The molecule has 1 fully saturated rings. The molecule has 1 aliphatic heterocycles. The van der Waals surface area contributed by atoms with Gasteiger partial charge in [-0.3, -0.25) is 9.69 Å². The van der Waals surface area contributed by atoms with Crippen LogP contribution in [0.4, 0.5) is 4.79 Å². The molecule has 28 heavy (non-hydrogen) atoms. The van der Waals surface area contributed by atoms with E-state index < -0.39 is 6.03 Å². The summed E-state index contributed by atoms with van der Waals surface area (Å²) in [4.78, 5) is 26.1. The topological polar surface area (TPSA) is 67.9 Å². The van der Waals surface area contributed by atoms with Crippen molar-refractivity contribution in [1.82, 2.24) is 10.2 Å². The van der Waals surface area contributed by atoms with E-state index in [2.05, 4.69) is 5.32 Å². The molecule has 0 aliphatic carbocycles. The SMILES string of the molecule is COc1cc(/C=C2/NC(=O)N(Cc3ccc(C)cc3)C2=O)ccc1OC(C)C. The van der Waals surface area contributed by atoms with Gasteiger partial charge in [-0.1, -0.05) is 35.9 Å². The normalized spacial score (nSPS) is 15.3. The lowest BCUT2D eigenvalue weighted by Crippen LogP contribution is -2.30. The summed E-state index contributed by atoms with van der Waals surface area (Å²) in [6, 6.07) is 12.7. The molecule has 6 nitrogen and oxygen atoms in total. The first-order valence-corrected chi connectivity index (χ1v) is 9.12. The Morgan fingerprint density at radius 3 is 2.43 bits per heavy atom. The highest BCUT2D eigenvalue weighted by Gasteiger charge is 2.33. The van der Waals surface area contributed by atoms with Crippen LogP contribution in [0, 0.1) is 6.92 Å². The molecular formula is C22H24N2O4. The third kappa shape index (κ3) is 4.34. The van der Waals surface area contributed by atoms with Gasteiger partial charge in [-0.15, -0.1) is 0 Å². The lowest BCUT2D eigenvalue weighted by Gasteiger charge is -2.14. The molecule has 0 bridgehead atoms. The number of carbonyl (C=O) groups excluding carboxylic acids is 2. The minimum absolute atomic E-state index is 0.0177. The van der Waals surface area contributed by atoms with Crippen LogP contribution in [-0.2, 0) is 11.3 Å². The molecule has 0 aromatic heterocycles. The van der Waals surface area contributed by atoms with Crippen LogP contribution >= 0.6 is 0 Å². The van der Waals surface area contributed by atoms with Gasteiger partial charge < -0.3 is 14.8 Å². The fraction of sp³-hybridized carbons (Fsp3) is 0.273. The zero-order valence-electron chi connectivity index (χ0n) is 16.5. The Labute approximate surface area is 164 Å². The van der Waals surface area contributed by atoms with Crippen LogP contribution in [0.25, 0.3) is 6.08 Å². The monoisotopic (exact) mass is 380 g/mol. The van der Waals surface area contributed by atoms with E-state index in [0.29, 0.717) is 11.5 Å². The van der Waals surface area contributed by atoms with Crippen LogP contribution in [-0.4, -0.2) is 30.1 Å². The summed E-state index contributed by atoms with van der Waals surface area (Å²) in [6.45, 7) is 6.09. The molecular weight excluding hydrogens is 356 g/mol. The predicted molar refractivity (Wildman–Crippen MR) is 107 cm³/mol. The highest BCUT2D eigenvalue weighted by molar-refractivity contribution is 6.13. The molecule has 0 saturated carbocycles. The second-order valence-corrected chi connectivity index (χ2v) is 6.94. The van der Waals surface area contributed by atoms with Crippen molar-refractivity contribution in [2.75, 3.05) is 7.11 Å². The van der Waals surface area contributed by atoms with Gasteiger partial charge in [0.25, 0.3) is 5.91 Å². The number of nitrogens with one attached hydrogen (secondary N) is 1. The number of amides is 3. The standard InChI is InChI=1S/C22H24N2O4/c1-14(2)28-19-10-9-17(12-20(19)27-4)11-18-21(25)24(22(26)23-18)13-16-7-5-15(3)6-8-16/h5-12,14H,13H2,1-4H3,(H,23,26)/b18-11+. The van der Waals surface area contributed by atoms with Crippen LogP contribution in [0.3, 0.4) is 0 Å². The number of carbonyl (C=O) groups is 2. The summed E-state index contributed by atoms with van der Waals surface area (Å²) in [5, 5.41) is 2.64. The van der Waals surface area contributed by atoms with Gasteiger partial charge in [-0.2, -0.15) is 0 Å². The molecule has 1 saturated heterocycles. The maximum absolute atomic E-state index is 12.7. The second kappa shape index (κ2) is 8.17. The molecule has 1 heterocycles. The van der Waals surface area contributed by atoms with Gasteiger partial charge >= 0.3 is 6.03 Å². The van der Waals surface area contributed by atoms with E-state index in [1.165, 1.54) is 4.90 Å². The number of nitrogens with zero attached hydrogens (tertiary/aromatic N) is 1. The molecule has 0 unspecified atom stereocenters. The minimum atomic E-state index is -0.427. The van der Waals surface area contributed by atoms with Crippen molar-refractivity contribution in [3.05, 3.63) is 64.9 Å². The number of benzene rings is 2. The first kappa shape index (κ1) is 19.5. The number of hydrogen-bond donors (Lipinski definition) is 1. The Kier molecular flexibility index (Phi) is 5.68. The predicted octanol–water partition coefficient (Wildman–Crippen LogP) is 3.88. The molecule has 0 spiro atoms. The summed E-state index contributed by atoms with van der Waals surface area (Å²) in [5.41, 5.74) is 2.98. The summed E-state index contributed by atoms with van der Waals surface area (Å²) in [5.74, 6) is 0.839. The molecule has 2 aromatic carbocycles. The van der Waals surface area contributed by atoms with E-state index >= 15 is 0 Å². The number of methoxy groups -OCH3 is 1. The number of rotatable bonds is 6. The Morgan fingerprint density at radius 1 is 1.07 bits per heavy atom. The fourth-order valence-corrected chi connectivity index (χ4v) is 2.88. The number of aryl methyl sites for hydroxylation is 1. The van der Waals surface area contributed by atoms with Gasteiger partial charge in [0.05, 0.1) is 19.8 Å². The molecule has 1 aliphatic rings. The van der Waals surface area contributed by atoms with Crippen molar-refractivity contribution < 1.29 is 19.1 Å². The summed E-state index contributed by atoms with van der Waals surface area (Å²) >= 11 is 0. The molecule has 146 valence electrons. The van der Waals surface area contributed by atoms with Crippen LogP contribution in [0.2, 0.25) is 0 Å².